The van der Waals surface area contributed by atoms with Crippen LogP contribution in [0.15, 0.2) is 47.4 Å². The quantitative estimate of drug-likeness (QED) is 0.550. The minimum atomic E-state index is -5.02. The summed E-state index contributed by atoms with van der Waals surface area (Å²) in [7, 11) is -3.18. The molecule has 2 aromatic rings. The van der Waals surface area contributed by atoms with Gasteiger partial charge in [-0.2, -0.15) is 13.2 Å². The summed E-state index contributed by atoms with van der Waals surface area (Å²) in [5.41, 5.74) is 5.20. The fourth-order valence-electron chi connectivity index (χ4n) is 2.04. The molecule has 0 fully saturated rings. The summed E-state index contributed by atoms with van der Waals surface area (Å²) in [5, 5.41) is 0. The van der Waals surface area contributed by atoms with E-state index in [1.807, 2.05) is 0 Å². The third-order valence-corrected chi connectivity index (χ3v) is 5.63. The molecule has 0 saturated heterocycles. The number of para-hydroxylation sites is 2. The molecule has 2 aromatic carbocycles. The van der Waals surface area contributed by atoms with E-state index in [9.17, 15) is 21.6 Å². The van der Waals surface area contributed by atoms with Crippen molar-refractivity contribution in [3.63, 3.8) is 0 Å². The van der Waals surface area contributed by atoms with Gasteiger partial charge in [-0.3, -0.25) is 4.72 Å². The van der Waals surface area contributed by atoms with Gasteiger partial charge in [0.25, 0.3) is 10.0 Å². The van der Waals surface area contributed by atoms with Gasteiger partial charge < -0.3 is 10.5 Å². The molecule has 0 saturated carbocycles. The zero-order valence-corrected chi connectivity index (χ0v) is 15.5. The van der Waals surface area contributed by atoms with Gasteiger partial charge in [-0.05, 0) is 29.8 Å². The monoisotopic (exact) mass is 428 g/mol. The number of anilines is 2. The molecule has 0 unspecified atom stereocenters. The second-order valence-corrected chi connectivity index (χ2v) is 8.11. The number of rotatable bonds is 5. The van der Waals surface area contributed by atoms with Crippen molar-refractivity contribution in [1.29, 1.82) is 0 Å². The predicted molar refractivity (Wildman–Crippen MR) is 94.1 cm³/mol. The summed E-state index contributed by atoms with van der Waals surface area (Å²) >= 11 is 10.8. The highest BCUT2D eigenvalue weighted by molar-refractivity contribution is 7.92. The lowest BCUT2D eigenvalue weighted by Crippen LogP contribution is -2.31. The molecule has 0 spiro atoms. The smallest absolute Gasteiger partial charge is 0.425 e. The molecule has 5 nitrogen and oxygen atoms in total. The summed E-state index contributed by atoms with van der Waals surface area (Å²) in [6.45, 7) is 0. The Morgan fingerprint density at radius 3 is 2.27 bits per heavy atom. The molecule has 11 heteroatoms. The lowest BCUT2D eigenvalue weighted by atomic mass is 10.1. The first kappa shape index (κ1) is 20.5. The first-order chi connectivity index (χ1) is 11.9. The zero-order chi connectivity index (χ0) is 19.8. The van der Waals surface area contributed by atoms with Crippen molar-refractivity contribution in [2.45, 2.75) is 15.4 Å². The SMILES string of the molecule is COc1ccc(C(Cl)(Cl)C(F)(F)F)cc1S(=O)(=O)Nc1ccccc1N. The number of hydrogen-bond donors (Lipinski definition) is 2. The Labute approximate surface area is 157 Å². The summed E-state index contributed by atoms with van der Waals surface area (Å²) < 4.78 is 68.3. The van der Waals surface area contributed by atoms with Crippen molar-refractivity contribution >= 4 is 44.6 Å². The Morgan fingerprint density at radius 2 is 1.73 bits per heavy atom. The standard InChI is InChI=1S/C15H13Cl2F3N2O3S/c1-25-12-7-6-9(14(16,17)15(18,19)20)8-13(12)26(23,24)22-11-5-3-2-4-10(11)21/h2-8,22H,21H2,1H3. The average Bonchev–Trinajstić information content (AvgIpc) is 2.55. The van der Waals surface area contributed by atoms with E-state index in [2.05, 4.69) is 4.72 Å². The van der Waals surface area contributed by atoms with E-state index in [0.29, 0.717) is 6.07 Å². The van der Waals surface area contributed by atoms with E-state index >= 15 is 0 Å². The molecule has 3 N–H and O–H groups in total. The van der Waals surface area contributed by atoms with Crippen LogP contribution in [0.1, 0.15) is 5.56 Å². The number of nitrogen functional groups attached to an aromatic ring is 1. The maximum atomic E-state index is 13.1. The topological polar surface area (TPSA) is 81.4 Å². The highest BCUT2D eigenvalue weighted by Gasteiger charge is 2.54. The number of nitrogens with one attached hydrogen (secondary N) is 1. The second kappa shape index (κ2) is 7.05. The molecular formula is C15H13Cl2F3N2O3S. The van der Waals surface area contributed by atoms with Crippen molar-refractivity contribution in [3.8, 4) is 5.75 Å². The fraction of sp³-hybridized carbons (Fsp3) is 0.200. The van der Waals surface area contributed by atoms with Crippen molar-refractivity contribution in [2.24, 2.45) is 0 Å². The predicted octanol–water partition coefficient (Wildman–Crippen LogP) is 4.27. The third-order valence-electron chi connectivity index (χ3n) is 3.38. The molecule has 0 aliphatic rings. The summed E-state index contributed by atoms with van der Waals surface area (Å²) in [4.78, 5) is -0.573. The molecule has 0 radical (unpaired) electrons. The minimum Gasteiger partial charge on any atom is -0.495 e. The van der Waals surface area contributed by atoms with Gasteiger partial charge >= 0.3 is 6.18 Å². The molecule has 0 aliphatic heterocycles. The van der Waals surface area contributed by atoms with Crippen LogP contribution in [0.4, 0.5) is 24.5 Å². The summed E-state index contributed by atoms with van der Waals surface area (Å²) in [6, 6.07) is 8.64. The zero-order valence-electron chi connectivity index (χ0n) is 13.1. The largest absolute Gasteiger partial charge is 0.495 e. The lowest BCUT2D eigenvalue weighted by molar-refractivity contribution is -0.143. The number of alkyl halides is 5. The molecule has 26 heavy (non-hydrogen) atoms. The molecular weight excluding hydrogens is 416 g/mol. The third kappa shape index (κ3) is 3.94. The van der Waals surface area contributed by atoms with E-state index in [4.69, 9.17) is 33.7 Å². The minimum absolute atomic E-state index is 0.0544. The van der Waals surface area contributed by atoms with Gasteiger partial charge in [0, 0.05) is 0 Å². The molecule has 0 bridgehead atoms. The Bertz CT molecular complexity index is 919. The first-order valence-corrected chi connectivity index (χ1v) is 9.14. The van der Waals surface area contributed by atoms with E-state index < -0.39 is 31.0 Å². The van der Waals surface area contributed by atoms with E-state index in [-0.39, 0.29) is 17.1 Å². The van der Waals surface area contributed by atoms with Crippen molar-refractivity contribution < 1.29 is 26.3 Å². The average molecular weight is 429 g/mol. The number of hydrogen-bond acceptors (Lipinski definition) is 4. The second-order valence-electron chi connectivity index (χ2n) is 5.13. The van der Waals surface area contributed by atoms with E-state index in [1.54, 1.807) is 6.07 Å². The number of sulfonamides is 1. The van der Waals surface area contributed by atoms with Gasteiger partial charge in [-0.1, -0.05) is 41.4 Å². The molecule has 0 aliphatic carbocycles. The first-order valence-electron chi connectivity index (χ1n) is 6.90. The van der Waals surface area contributed by atoms with Gasteiger partial charge in [-0.25, -0.2) is 8.42 Å². The Balaban J connectivity index is 2.57. The van der Waals surface area contributed by atoms with Gasteiger partial charge in [0.05, 0.1) is 18.5 Å². The molecule has 0 heterocycles. The number of ether oxygens (including phenoxy) is 1. The van der Waals surface area contributed by atoms with Crippen molar-refractivity contribution in [2.75, 3.05) is 17.6 Å². The normalized spacial score (nSPS) is 12.7. The Morgan fingerprint density at radius 1 is 1.12 bits per heavy atom. The van der Waals surface area contributed by atoms with Crippen LogP contribution in [0.25, 0.3) is 0 Å². The summed E-state index contributed by atoms with van der Waals surface area (Å²) in [6.07, 6.45) is -5.02. The van der Waals surface area contributed by atoms with E-state index in [0.717, 1.165) is 12.1 Å². The van der Waals surface area contributed by atoms with Crippen LogP contribution in [0.3, 0.4) is 0 Å². The van der Waals surface area contributed by atoms with Crippen LogP contribution >= 0.6 is 23.2 Å². The molecule has 0 atom stereocenters. The van der Waals surface area contributed by atoms with E-state index in [1.165, 1.54) is 25.3 Å². The number of nitrogens with two attached hydrogens (primary N) is 1. The lowest BCUT2D eigenvalue weighted by Gasteiger charge is -2.24. The van der Waals surface area contributed by atoms with Gasteiger partial charge in [0.1, 0.15) is 10.6 Å². The van der Waals surface area contributed by atoms with Crippen LogP contribution in [-0.4, -0.2) is 21.7 Å². The number of halogens is 5. The van der Waals surface area contributed by atoms with Crippen LogP contribution in [0, 0.1) is 0 Å². The van der Waals surface area contributed by atoms with Crippen molar-refractivity contribution in [1.82, 2.24) is 0 Å². The molecule has 142 valence electrons. The van der Waals surface area contributed by atoms with Gasteiger partial charge in [0.15, 0.2) is 0 Å². The Kier molecular flexibility index (Phi) is 5.55. The highest BCUT2D eigenvalue weighted by atomic mass is 35.5. The van der Waals surface area contributed by atoms with Gasteiger partial charge in [0.2, 0.25) is 4.33 Å². The molecule has 0 amide bonds. The van der Waals surface area contributed by atoms with Crippen LogP contribution in [-0.2, 0) is 14.4 Å². The molecule has 2 rings (SSSR count). The maximum Gasteiger partial charge on any atom is 0.425 e. The van der Waals surface area contributed by atoms with Gasteiger partial charge in [-0.15, -0.1) is 0 Å². The van der Waals surface area contributed by atoms with Crippen LogP contribution in [0.5, 0.6) is 5.75 Å². The number of methoxy groups -OCH3 is 1. The van der Waals surface area contributed by atoms with Crippen molar-refractivity contribution in [3.05, 3.63) is 48.0 Å². The number of benzene rings is 2. The maximum absolute atomic E-state index is 13.1. The Hall–Kier alpha value is -1.84. The highest BCUT2D eigenvalue weighted by Crippen LogP contribution is 2.49. The fourth-order valence-corrected chi connectivity index (χ4v) is 3.55. The summed E-state index contributed by atoms with van der Waals surface area (Å²) in [5.74, 6) is -0.193. The van der Waals surface area contributed by atoms with Crippen LogP contribution in [0.2, 0.25) is 0 Å². The molecule has 0 aromatic heterocycles. The van der Waals surface area contributed by atoms with Crippen LogP contribution < -0.4 is 15.2 Å².